The number of nitrogens with two attached hydrogens (primary N) is 2. The van der Waals surface area contributed by atoms with Gasteiger partial charge in [-0.15, -0.1) is 0 Å². The van der Waals surface area contributed by atoms with Crippen LogP contribution in [0.5, 0.6) is 0 Å². The van der Waals surface area contributed by atoms with Gasteiger partial charge < -0.3 is 11.6 Å². The third kappa shape index (κ3) is 2.62. The predicted octanol–water partition coefficient (Wildman–Crippen LogP) is 0.425. The molecule has 94 valence electrons. The van der Waals surface area contributed by atoms with E-state index < -0.39 is 0 Å². The Morgan fingerprint density at radius 3 is 3.06 bits per heavy atom. The van der Waals surface area contributed by atoms with Gasteiger partial charge in [-0.3, -0.25) is 9.20 Å². The van der Waals surface area contributed by atoms with Gasteiger partial charge in [0.15, 0.2) is 5.17 Å². The molecule has 4 N–H and O–H groups in total. The molecule has 2 aromatic rings. The fourth-order valence-electron chi connectivity index (χ4n) is 1.51. The maximum absolute atomic E-state index is 11.9. The lowest BCUT2D eigenvalue weighted by Crippen LogP contribution is -2.16. The van der Waals surface area contributed by atoms with Gasteiger partial charge in [-0.05, 0) is 24.6 Å². The highest BCUT2D eigenvalue weighted by Crippen LogP contribution is 2.10. The van der Waals surface area contributed by atoms with Crippen molar-refractivity contribution in [1.29, 1.82) is 0 Å². The molecule has 2 aromatic heterocycles. The Bertz CT molecular complexity index is 664. The topological polar surface area (TPSA) is 98.8 Å². The molecule has 0 spiro atoms. The first-order valence-electron chi connectivity index (χ1n) is 5.25. The van der Waals surface area contributed by atoms with Crippen LogP contribution in [0, 0.1) is 6.92 Å². The minimum Gasteiger partial charge on any atom is -0.377 e. The fraction of sp³-hybridized carbons (Fsp3) is 0.182. The average molecular weight is 263 g/mol. The van der Waals surface area contributed by atoms with Gasteiger partial charge in [-0.1, -0.05) is 11.8 Å². The summed E-state index contributed by atoms with van der Waals surface area (Å²) in [5.41, 5.74) is 7.69. The molecule has 18 heavy (non-hydrogen) atoms. The quantitative estimate of drug-likeness (QED) is 0.354. The molecule has 0 aliphatic carbocycles. The maximum atomic E-state index is 11.9. The van der Waals surface area contributed by atoms with Crippen LogP contribution in [-0.2, 0) is 5.75 Å². The zero-order valence-corrected chi connectivity index (χ0v) is 10.6. The summed E-state index contributed by atoms with van der Waals surface area (Å²) < 4.78 is 1.50. The van der Waals surface area contributed by atoms with Gasteiger partial charge in [0, 0.05) is 18.0 Å². The van der Waals surface area contributed by atoms with Crippen molar-refractivity contribution in [1.82, 2.24) is 9.38 Å². The molecule has 0 amide bonds. The lowest BCUT2D eigenvalue weighted by atomic mass is 10.3. The first-order chi connectivity index (χ1) is 8.60. The van der Waals surface area contributed by atoms with Crippen LogP contribution in [0.15, 0.2) is 34.3 Å². The lowest BCUT2D eigenvalue weighted by molar-refractivity contribution is 1.01. The fourth-order valence-corrected chi connectivity index (χ4v) is 2.03. The first-order valence-corrected chi connectivity index (χ1v) is 6.24. The molecule has 0 unspecified atom stereocenters. The molecule has 0 fully saturated rings. The van der Waals surface area contributed by atoms with Crippen LogP contribution >= 0.6 is 11.8 Å². The molecule has 0 atom stereocenters. The highest BCUT2D eigenvalue weighted by atomic mass is 32.2. The van der Waals surface area contributed by atoms with E-state index in [9.17, 15) is 4.79 Å². The third-order valence-corrected chi connectivity index (χ3v) is 3.21. The van der Waals surface area contributed by atoms with E-state index in [1.807, 2.05) is 19.1 Å². The van der Waals surface area contributed by atoms with Gasteiger partial charge in [0.2, 0.25) is 0 Å². The standard InChI is InChI=1S/C11H13N5OS/c1-7-2-3-16-9(4-7)14-8(5-10(16)17)6-18-11(12)15-13/h2-5H,6,13H2,1H3,(H2,12,15). The SMILES string of the molecule is Cc1ccn2c(=O)cc(CSC(N)=NN)nc2c1. The number of amidine groups is 1. The molecule has 7 heteroatoms. The Kier molecular flexibility index (Phi) is 3.52. The van der Waals surface area contributed by atoms with Crippen molar-refractivity contribution >= 4 is 22.6 Å². The summed E-state index contributed by atoms with van der Waals surface area (Å²) in [6.07, 6.45) is 1.71. The number of thioether (sulfide) groups is 1. The normalized spacial score (nSPS) is 11.9. The molecule has 0 saturated heterocycles. The summed E-state index contributed by atoms with van der Waals surface area (Å²) in [5.74, 6) is 5.50. The van der Waals surface area contributed by atoms with Crippen molar-refractivity contribution in [2.24, 2.45) is 16.7 Å². The maximum Gasteiger partial charge on any atom is 0.258 e. The number of hydrogen-bond donors (Lipinski definition) is 2. The van der Waals surface area contributed by atoms with Gasteiger partial charge in [-0.2, -0.15) is 5.10 Å². The zero-order chi connectivity index (χ0) is 13.1. The Balaban J connectivity index is 2.39. The van der Waals surface area contributed by atoms with E-state index in [4.69, 9.17) is 11.6 Å². The number of hydrogen-bond acceptors (Lipinski definition) is 5. The highest BCUT2D eigenvalue weighted by Gasteiger charge is 2.04. The van der Waals surface area contributed by atoms with Crippen molar-refractivity contribution in [2.75, 3.05) is 0 Å². The molecular formula is C11H13N5OS. The number of aromatic nitrogens is 2. The second-order valence-corrected chi connectivity index (χ2v) is 4.77. The largest absolute Gasteiger partial charge is 0.377 e. The molecule has 2 rings (SSSR count). The van der Waals surface area contributed by atoms with Crippen LogP contribution in [0.3, 0.4) is 0 Å². The summed E-state index contributed by atoms with van der Waals surface area (Å²) in [4.78, 5) is 16.2. The van der Waals surface area contributed by atoms with E-state index in [1.54, 1.807) is 6.20 Å². The van der Waals surface area contributed by atoms with E-state index in [0.29, 0.717) is 17.1 Å². The minimum atomic E-state index is -0.112. The van der Waals surface area contributed by atoms with Crippen LogP contribution in [0.4, 0.5) is 0 Å². The summed E-state index contributed by atoms with van der Waals surface area (Å²) in [5, 5.41) is 3.61. The van der Waals surface area contributed by atoms with Crippen molar-refractivity contribution in [3.05, 3.63) is 46.0 Å². The van der Waals surface area contributed by atoms with Gasteiger partial charge in [0.1, 0.15) is 5.65 Å². The van der Waals surface area contributed by atoms with E-state index >= 15 is 0 Å². The number of fused-ring (bicyclic) bond motifs is 1. The molecule has 0 aromatic carbocycles. The smallest absolute Gasteiger partial charge is 0.258 e. The van der Waals surface area contributed by atoms with Gasteiger partial charge >= 0.3 is 0 Å². The van der Waals surface area contributed by atoms with Crippen molar-refractivity contribution in [2.45, 2.75) is 12.7 Å². The molecular weight excluding hydrogens is 250 g/mol. The number of pyridine rings is 1. The number of hydrazone groups is 1. The Morgan fingerprint density at radius 1 is 1.56 bits per heavy atom. The summed E-state index contributed by atoms with van der Waals surface area (Å²) in [6.45, 7) is 1.95. The van der Waals surface area contributed by atoms with Crippen molar-refractivity contribution < 1.29 is 0 Å². The van der Waals surface area contributed by atoms with E-state index in [1.165, 1.54) is 22.2 Å². The number of rotatable bonds is 2. The third-order valence-electron chi connectivity index (χ3n) is 2.37. The molecule has 0 aliphatic heterocycles. The predicted molar refractivity (Wildman–Crippen MR) is 73.3 cm³/mol. The van der Waals surface area contributed by atoms with Crippen LogP contribution in [0.1, 0.15) is 11.3 Å². The van der Waals surface area contributed by atoms with E-state index in [2.05, 4.69) is 10.1 Å². The average Bonchev–Trinajstić information content (AvgIpc) is 2.35. The minimum absolute atomic E-state index is 0.112. The van der Waals surface area contributed by atoms with Crippen molar-refractivity contribution in [3.8, 4) is 0 Å². The van der Waals surface area contributed by atoms with Gasteiger partial charge in [-0.25, -0.2) is 4.98 Å². The summed E-state index contributed by atoms with van der Waals surface area (Å²) >= 11 is 1.24. The van der Waals surface area contributed by atoms with Gasteiger partial charge in [0.05, 0.1) is 5.69 Å². The van der Waals surface area contributed by atoms with E-state index in [0.717, 1.165) is 5.56 Å². The monoisotopic (exact) mass is 263 g/mol. The van der Waals surface area contributed by atoms with Crippen molar-refractivity contribution in [3.63, 3.8) is 0 Å². The molecule has 0 radical (unpaired) electrons. The Morgan fingerprint density at radius 2 is 2.33 bits per heavy atom. The van der Waals surface area contributed by atoms with Crippen LogP contribution < -0.4 is 17.1 Å². The molecule has 0 aliphatic rings. The van der Waals surface area contributed by atoms with Gasteiger partial charge in [0.25, 0.3) is 5.56 Å². The van der Waals surface area contributed by atoms with Crippen LogP contribution in [-0.4, -0.2) is 14.6 Å². The van der Waals surface area contributed by atoms with Crippen LogP contribution in [0.2, 0.25) is 0 Å². The molecule has 0 saturated carbocycles. The van der Waals surface area contributed by atoms with Crippen LogP contribution in [0.25, 0.3) is 5.65 Å². The second-order valence-electron chi connectivity index (χ2n) is 3.77. The molecule has 2 heterocycles. The Hall–Kier alpha value is -2.02. The number of aryl methyl sites for hydroxylation is 1. The first kappa shape index (κ1) is 12.4. The highest BCUT2D eigenvalue weighted by molar-refractivity contribution is 8.13. The molecule has 0 bridgehead atoms. The Labute approximate surface area is 108 Å². The zero-order valence-electron chi connectivity index (χ0n) is 9.83. The number of nitrogens with zero attached hydrogens (tertiary/aromatic N) is 3. The lowest BCUT2D eigenvalue weighted by Gasteiger charge is -2.04. The summed E-state index contributed by atoms with van der Waals surface area (Å²) in [6, 6.07) is 5.21. The second kappa shape index (κ2) is 5.09. The molecule has 6 nitrogen and oxygen atoms in total. The summed E-state index contributed by atoms with van der Waals surface area (Å²) in [7, 11) is 0. The van der Waals surface area contributed by atoms with E-state index in [-0.39, 0.29) is 10.7 Å².